The molecule has 6 nitrogen and oxygen atoms in total. The second-order valence-corrected chi connectivity index (χ2v) is 8.04. The number of benzene rings is 1. The monoisotopic (exact) mass is 395 g/mol. The summed E-state index contributed by atoms with van der Waals surface area (Å²) in [5.74, 6) is -0.291. The maximum Gasteiger partial charge on any atom is 0.309 e. The minimum absolute atomic E-state index is 0.107. The zero-order chi connectivity index (χ0) is 20.1. The molecule has 0 spiro atoms. The van der Waals surface area contributed by atoms with Gasteiger partial charge in [-0.3, -0.25) is 14.5 Å². The van der Waals surface area contributed by atoms with Gasteiger partial charge in [-0.2, -0.15) is 0 Å². The Morgan fingerprint density at radius 1 is 1.03 bits per heavy atom. The molecule has 0 bridgehead atoms. The number of fused-ring (bicyclic) bond motifs is 1. The van der Waals surface area contributed by atoms with Crippen molar-refractivity contribution >= 4 is 11.8 Å². The van der Waals surface area contributed by atoms with Gasteiger partial charge in [0.05, 0.1) is 12.3 Å². The molecule has 2 aromatic rings. The molecule has 1 aromatic heterocycles. The van der Waals surface area contributed by atoms with Crippen molar-refractivity contribution in [1.29, 1.82) is 0 Å². The molecule has 1 atom stereocenters. The normalized spacial score (nSPS) is 18.6. The summed E-state index contributed by atoms with van der Waals surface area (Å²) < 4.78 is 5.66. The van der Waals surface area contributed by atoms with Gasteiger partial charge in [0.2, 0.25) is 0 Å². The molecule has 6 heteroatoms. The average molecular weight is 396 g/mol. The predicted molar refractivity (Wildman–Crippen MR) is 110 cm³/mol. The van der Waals surface area contributed by atoms with Crippen molar-refractivity contribution in [3.05, 3.63) is 59.5 Å². The molecule has 1 fully saturated rings. The van der Waals surface area contributed by atoms with Crippen LogP contribution in [0.3, 0.4) is 0 Å². The molecular formula is C23H29N3O3. The van der Waals surface area contributed by atoms with Crippen LogP contribution in [0.4, 0.5) is 0 Å². The molecule has 1 saturated carbocycles. The molecule has 1 aliphatic heterocycles. The Kier molecular flexibility index (Phi) is 6.30. The van der Waals surface area contributed by atoms with Crippen LogP contribution in [0.5, 0.6) is 0 Å². The van der Waals surface area contributed by atoms with E-state index in [1.807, 2.05) is 12.1 Å². The molecule has 0 saturated heterocycles. The van der Waals surface area contributed by atoms with Gasteiger partial charge in [-0.1, -0.05) is 43.5 Å². The number of nitrogens with zero attached hydrogens (tertiary/aromatic N) is 1. The maximum absolute atomic E-state index is 12.4. The van der Waals surface area contributed by atoms with Crippen LogP contribution >= 0.6 is 0 Å². The van der Waals surface area contributed by atoms with Crippen LogP contribution in [0.2, 0.25) is 0 Å². The third kappa shape index (κ3) is 4.88. The third-order valence-electron chi connectivity index (χ3n) is 6.08. The number of hydrogen-bond acceptors (Lipinski definition) is 4. The number of nitrogens with one attached hydrogen (secondary N) is 2. The summed E-state index contributed by atoms with van der Waals surface area (Å²) in [4.78, 5) is 27.0. The molecule has 0 radical (unpaired) electrons. The van der Waals surface area contributed by atoms with Crippen molar-refractivity contribution in [3.8, 4) is 0 Å². The van der Waals surface area contributed by atoms with Crippen molar-refractivity contribution in [3.63, 3.8) is 0 Å². The first-order chi connectivity index (χ1) is 14.2. The molecule has 1 aliphatic carbocycles. The van der Waals surface area contributed by atoms with E-state index in [0.717, 1.165) is 51.0 Å². The Balaban J connectivity index is 1.38. The zero-order valence-electron chi connectivity index (χ0n) is 16.7. The molecule has 154 valence electrons. The summed E-state index contributed by atoms with van der Waals surface area (Å²) in [6.45, 7) is 2.02. The van der Waals surface area contributed by atoms with Gasteiger partial charge >= 0.3 is 11.8 Å². The summed E-state index contributed by atoms with van der Waals surface area (Å²) in [7, 11) is 0. The van der Waals surface area contributed by atoms with Gasteiger partial charge in [-0.25, -0.2) is 0 Å². The van der Waals surface area contributed by atoms with Crippen LogP contribution < -0.4 is 10.6 Å². The molecule has 29 heavy (non-hydrogen) atoms. The Hall–Kier alpha value is -2.60. The van der Waals surface area contributed by atoms with Gasteiger partial charge in [-0.15, -0.1) is 0 Å². The molecule has 2 heterocycles. The van der Waals surface area contributed by atoms with Gasteiger partial charge in [0.1, 0.15) is 5.76 Å². The first-order valence-electron chi connectivity index (χ1n) is 10.6. The molecule has 2 N–H and O–H groups in total. The van der Waals surface area contributed by atoms with Crippen molar-refractivity contribution in [1.82, 2.24) is 15.5 Å². The molecular weight excluding hydrogens is 366 g/mol. The molecule has 0 unspecified atom stereocenters. The van der Waals surface area contributed by atoms with Crippen LogP contribution in [-0.4, -0.2) is 35.8 Å². The summed E-state index contributed by atoms with van der Waals surface area (Å²) in [6, 6.07) is 12.3. The fourth-order valence-electron chi connectivity index (χ4n) is 4.44. The number of carbonyl (C=O) groups excluding carboxylic acids is 2. The number of carbonyl (C=O) groups is 2. The van der Waals surface area contributed by atoms with E-state index in [1.165, 1.54) is 17.5 Å². The SMILES string of the molecule is O=C(NC[C@@H](c1ccco1)N1CCc2ccccc2C1)C(=O)NC1CCCCC1. The van der Waals surface area contributed by atoms with Crippen LogP contribution in [0.25, 0.3) is 0 Å². The second kappa shape index (κ2) is 9.27. The van der Waals surface area contributed by atoms with Crippen molar-refractivity contribution in [2.45, 2.75) is 57.2 Å². The Labute approximate surface area is 171 Å². The second-order valence-electron chi connectivity index (χ2n) is 8.04. The lowest BCUT2D eigenvalue weighted by Crippen LogP contribution is -2.47. The summed E-state index contributed by atoms with van der Waals surface area (Å²) in [5.41, 5.74) is 2.68. The number of amides is 2. The zero-order valence-corrected chi connectivity index (χ0v) is 16.7. The predicted octanol–water partition coefficient (Wildman–Crippen LogP) is 2.94. The van der Waals surface area contributed by atoms with Crippen molar-refractivity contribution in [2.75, 3.05) is 13.1 Å². The molecule has 1 aromatic carbocycles. The van der Waals surface area contributed by atoms with Gasteiger partial charge in [0.25, 0.3) is 0 Å². The van der Waals surface area contributed by atoms with Crippen LogP contribution in [0, 0.1) is 0 Å². The summed E-state index contributed by atoms with van der Waals surface area (Å²) >= 11 is 0. The molecule has 2 aliphatic rings. The lowest BCUT2D eigenvalue weighted by molar-refractivity contribution is -0.139. The van der Waals surface area contributed by atoms with E-state index in [2.05, 4.69) is 39.8 Å². The van der Waals surface area contributed by atoms with Crippen LogP contribution in [-0.2, 0) is 22.6 Å². The van der Waals surface area contributed by atoms with Crippen molar-refractivity contribution < 1.29 is 14.0 Å². The topological polar surface area (TPSA) is 74.6 Å². The van der Waals surface area contributed by atoms with E-state index in [-0.39, 0.29) is 12.1 Å². The molecule has 4 rings (SSSR count). The molecule has 2 amide bonds. The minimum atomic E-state index is -0.565. The first kappa shape index (κ1) is 19.7. The Bertz CT molecular complexity index is 828. The highest BCUT2D eigenvalue weighted by molar-refractivity contribution is 6.35. The van der Waals surface area contributed by atoms with Crippen LogP contribution in [0.1, 0.15) is 55.0 Å². The van der Waals surface area contributed by atoms with Gasteiger partial charge in [0, 0.05) is 25.7 Å². The standard InChI is InChI=1S/C23H29N3O3/c27-22(23(28)25-19-9-2-1-3-10-19)24-15-20(21-11-6-14-29-21)26-13-12-17-7-4-5-8-18(17)16-26/h4-8,11,14,19-20H,1-3,9-10,12-13,15-16H2,(H,24,27)(H,25,28)/t20-/m0/s1. The number of rotatable bonds is 5. The van der Waals surface area contributed by atoms with E-state index in [1.54, 1.807) is 6.26 Å². The third-order valence-corrected chi connectivity index (χ3v) is 6.08. The quantitative estimate of drug-likeness (QED) is 0.764. The fourth-order valence-corrected chi connectivity index (χ4v) is 4.44. The average Bonchev–Trinajstić information content (AvgIpc) is 3.29. The highest BCUT2D eigenvalue weighted by atomic mass is 16.3. The summed E-state index contributed by atoms with van der Waals surface area (Å²) in [5, 5.41) is 5.71. The van der Waals surface area contributed by atoms with Gasteiger partial charge < -0.3 is 15.1 Å². The van der Waals surface area contributed by atoms with E-state index in [0.29, 0.717) is 6.54 Å². The fraction of sp³-hybridized carbons (Fsp3) is 0.478. The Morgan fingerprint density at radius 2 is 1.83 bits per heavy atom. The highest BCUT2D eigenvalue weighted by Gasteiger charge is 2.28. The van der Waals surface area contributed by atoms with Gasteiger partial charge in [-0.05, 0) is 42.5 Å². The minimum Gasteiger partial charge on any atom is -0.468 e. The summed E-state index contributed by atoms with van der Waals surface area (Å²) in [6.07, 6.45) is 7.97. The largest absolute Gasteiger partial charge is 0.468 e. The highest BCUT2D eigenvalue weighted by Crippen LogP contribution is 2.28. The lowest BCUT2D eigenvalue weighted by Gasteiger charge is -2.34. The smallest absolute Gasteiger partial charge is 0.309 e. The van der Waals surface area contributed by atoms with Crippen LogP contribution in [0.15, 0.2) is 47.1 Å². The number of hydrogen-bond donors (Lipinski definition) is 2. The van der Waals surface area contributed by atoms with E-state index >= 15 is 0 Å². The first-order valence-corrected chi connectivity index (χ1v) is 10.6. The Morgan fingerprint density at radius 3 is 2.59 bits per heavy atom. The van der Waals surface area contributed by atoms with E-state index in [4.69, 9.17) is 4.42 Å². The maximum atomic E-state index is 12.4. The number of furan rings is 1. The van der Waals surface area contributed by atoms with E-state index in [9.17, 15) is 9.59 Å². The van der Waals surface area contributed by atoms with Crippen molar-refractivity contribution in [2.24, 2.45) is 0 Å². The van der Waals surface area contributed by atoms with E-state index < -0.39 is 11.8 Å². The van der Waals surface area contributed by atoms with Gasteiger partial charge in [0.15, 0.2) is 0 Å². The lowest BCUT2D eigenvalue weighted by atomic mass is 9.95.